The minimum absolute atomic E-state index is 0.480. The summed E-state index contributed by atoms with van der Waals surface area (Å²) in [5, 5.41) is 14.0. The zero-order valence-electron chi connectivity index (χ0n) is 10.1. The van der Waals surface area contributed by atoms with Crippen LogP contribution in [0.25, 0.3) is 6.08 Å². The van der Waals surface area contributed by atoms with Gasteiger partial charge in [0.05, 0.1) is 4.92 Å². The maximum atomic E-state index is 13.1. The van der Waals surface area contributed by atoms with Crippen molar-refractivity contribution in [2.24, 2.45) is 0 Å². The molecule has 0 bridgehead atoms. The van der Waals surface area contributed by atoms with Crippen LogP contribution in [0.3, 0.4) is 0 Å². The molecule has 96 valence electrons. The van der Waals surface area contributed by atoms with Crippen LogP contribution in [0.15, 0.2) is 23.8 Å². The normalized spacial score (nSPS) is 15.8. The molecule has 1 N–H and O–H groups in total. The molecule has 0 unspecified atom stereocenters. The molecule has 0 heterocycles. The summed E-state index contributed by atoms with van der Waals surface area (Å²) < 4.78 is 13.1. The Morgan fingerprint density at radius 3 is 2.94 bits per heavy atom. The lowest BCUT2D eigenvalue weighted by Crippen LogP contribution is -2.18. The second-order valence-electron chi connectivity index (χ2n) is 4.61. The summed E-state index contributed by atoms with van der Waals surface area (Å²) in [6, 6.07) is 4.56. The Morgan fingerprint density at radius 2 is 2.33 bits per heavy atom. The molecule has 0 atom stereocenters. The first-order valence-electron chi connectivity index (χ1n) is 5.91. The zero-order valence-corrected chi connectivity index (χ0v) is 10.1. The summed E-state index contributed by atoms with van der Waals surface area (Å²) >= 11 is 0. The molecule has 0 saturated heterocycles. The second-order valence-corrected chi connectivity index (χ2v) is 4.61. The molecule has 1 saturated carbocycles. The Kier molecular flexibility index (Phi) is 3.72. The molecule has 1 fully saturated rings. The van der Waals surface area contributed by atoms with Crippen molar-refractivity contribution in [1.29, 1.82) is 0 Å². The highest BCUT2D eigenvalue weighted by atomic mass is 19.1. The summed E-state index contributed by atoms with van der Waals surface area (Å²) in [4.78, 5) is 9.91. The molecule has 0 amide bonds. The van der Waals surface area contributed by atoms with Crippen molar-refractivity contribution < 1.29 is 9.31 Å². The Balaban J connectivity index is 2.09. The fraction of sp³-hybridized carbons (Fsp3) is 0.385. The quantitative estimate of drug-likeness (QED) is 0.645. The van der Waals surface area contributed by atoms with Gasteiger partial charge in [-0.05, 0) is 31.4 Å². The van der Waals surface area contributed by atoms with E-state index >= 15 is 0 Å². The number of nitrogens with zero attached hydrogens (tertiary/aromatic N) is 1. The van der Waals surface area contributed by atoms with E-state index in [1.165, 1.54) is 18.9 Å². The summed E-state index contributed by atoms with van der Waals surface area (Å²) in [7, 11) is 0. The van der Waals surface area contributed by atoms with Crippen LogP contribution < -0.4 is 5.32 Å². The molecule has 18 heavy (non-hydrogen) atoms. The lowest BCUT2D eigenvalue weighted by molar-refractivity contribution is -0.387. The predicted molar refractivity (Wildman–Crippen MR) is 67.7 cm³/mol. The van der Waals surface area contributed by atoms with E-state index in [2.05, 4.69) is 5.32 Å². The van der Waals surface area contributed by atoms with Gasteiger partial charge in [-0.2, -0.15) is 4.39 Å². The summed E-state index contributed by atoms with van der Waals surface area (Å²) in [6.07, 6.45) is 4.27. The average molecular weight is 250 g/mol. The van der Waals surface area contributed by atoms with Gasteiger partial charge < -0.3 is 5.32 Å². The van der Waals surface area contributed by atoms with Gasteiger partial charge in [-0.3, -0.25) is 10.1 Å². The fourth-order valence-corrected chi connectivity index (χ4v) is 1.69. The first-order chi connectivity index (χ1) is 8.56. The highest BCUT2D eigenvalue weighted by molar-refractivity contribution is 5.56. The summed E-state index contributed by atoms with van der Waals surface area (Å²) in [5.41, 5.74) is 1.24. The lowest BCUT2D eigenvalue weighted by Gasteiger charge is -2.03. The predicted octanol–water partition coefficient (Wildman–Crippen LogP) is 2.89. The summed E-state index contributed by atoms with van der Waals surface area (Å²) in [5.74, 6) is -0.800. The van der Waals surface area contributed by atoms with Crippen LogP contribution in [0.5, 0.6) is 0 Å². The number of benzene rings is 1. The van der Waals surface area contributed by atoms with E-state index in [0.717, 1.165) is 18.2 Å². The van der Waals surface area contributed by atoms with Gasteiger partial charge in [-0.15, -0.1) is 0 Å². The number of hydrogen-bond donors (Lipinski definition) is 1. The number of nitro groups is 1. The molecular weight excluding hydrogens is 235 g/mol. The van der Waals surface area contributed by atoms with E-state index < -0.39 is 16.4 Å². The molecule has 1 aromatic rings. The number of nitro benzene ring substituents is 1. The number of hydrogen-bond acceptors (Lipinski definition) is 3. The molecule has 1 aliphatic rings. The summed E-state index contributed by atoms with van der Waals surface area (Å²) in [6.45, 7) is 2.71. The molecular formula is C13H15FN2O2. The van der Waals surface area contributed by atoms with Gasteiger partial charge in [-0.1, -0.05) is 17.7 Å². The van der Waals surface area contributed by atoms with E-state index in [4.69, 9.17) is 0 Å². The molecule has 1 aliphatic carbocycles. The maximum Gasteiger partial charge on any atom is 0.305 e. The standard InChI is InChI=1S/C13H15FN2O2/c1-9(8-15-11-3-4-11)6-10-2-5-12(14)13(7-10)16(17)18/h2,5-7,11,15H,3-4,8H2,1H3/b9-6-. The zero-order chi connectivity index (χ0) is 13.1. The van der Waals surface area contributed by atoms with Gasteiger partial charge in [-0.25, -0.2) is 0 Å². The highest BCUT2D eigenvalue weighted by Crippen LogP contribution is 2.21. The van der Waals surface area contributed by atoms with Gasteiger partial charge >= 0.3 is 5.69 Å². The van der Waals surface area contributed by atoms with Crippen molar-refractivity contribution in [3.05, 3.63) is 45.3 Å². The van der Waals surface area contributed by atoms with E-state index in [1.807, 2.05) is 13.0 Å². The Hall–Kier alpha value is -1.75. The molecule has 0 spiro atoms. The minimum atomic E-state index is -0.800. The van der Waals surface area contributed by atoms with Crippen molar-refractivity contribution in [2.45, 2.75) is 25.8 Å². The van der Waals surface area contributed by atoms with Gasteiger partial charge in [0.1, 0.15) is 0 Å². The third-order valence-corrected chi connectivity index (χ3v) is 2.83. The molecule has 4 nitrogen and oxygen atoms in total. The number of nitrogens with one attached hydrogen (secondary N) is 1. The van der Waals surface area contributed by atoms with Crippen molar-refractivity contribution in [3.8, 4) is 0 Å². The van der Waals surface area contributed by atoms with Crippen LogP contribution in [0.2, 0.25) is 0 Å². The Morgan fingerprint density at radius 1 is 1.61 bits per heavy atom. The number of halogens is 1. The SMILES string of the molecule is C/C(=C/c1ccc(F)c([N+](=O)[O-])c1)CNC1CC1. The largest absolute Gasteiger partial charge is 0.310 e. The highest BCUT2D eigenvalue weighted by Gasteiger charge is 2.19. The first-order valence-corrected chi connectivity index (χ1v) is 5.91. The lowest BCUT2D eigenvalue weighted by atomic mass is 10.1. The van der Waals surface area contributed by atoms with Crippen LogP contribution in [-0.2, 0) is 0 Å². The van der Waals surface area contributed by atoms with Crippen LogP contribution in [0, 0.1) is 15.9 Å². The third kappa shape index (κ3) is 3.37. The molecule has 2 rings (SSSR count). The Bertz CT molecular complexity index is 496. The van der Waals surface area contributed by atoms with Crippen molar-refractivity contribution in [3.63, 3.8) is 0 Å². The third-order valence-electron chi connectivity index (χ3n) is 2.83. The molecule has 1 aromatic carbocycles. The van der Waals surface area contributed by atoms with Gasteiger partial charge in [0.2, 0.25) is 5.82 Å². The van der Waals surface area contributed by atoms with Gasteiger partial charge in [0.15, 0.2) is 0 Å². The van der Waals surface area contributed by atoms with Crippen LogP contribution in [0.4, 0.5) is 10.1 Å². The molecule has 0 aliphatic heterocycles. The van der Waals surface area contributed by atoms with Gasteiger partial charge in [0.25, 0.3) is 0 Å². The average Bonchev–Trinajstić information content (AvgIpc) is 3.12. The molecule has 0 radical (unpaired) electrons. The van der Waals surface area contributed by atoms with Crippen molar-refractivity contribution in [1.82, 2.24) is 5.32 Å². The van der Waals surface area contributed by atoms with Crippen LogP contribution >= 0.6 is 0 Å². The fourth-order valence-electron chi connectivity index (χ4n) is 1.69. The molecule has 0 aromatic heterocycles. The van der Waals surface area contributed by atoms with E-state index in [0.29, 0.717) is 11.6 Å². The van der Waals surface area contributed by atoms with Crippen LogP contribution in [-0.4, -0.2) is 17.5 Å². The smallest absolute Gasteiger partial charge is 0.305 e. The van der Waals surface area contributed by atoms with Crippen molar-refractivity contribution >= 4 is 11.8 Å². The van der Waals surface area contributed by atoms with Crippen molar-refractivity contribution in [2.75, 3.05) is 6.54 Å². The topological polar surface area (TPSA) is 55.2 Å². The van der Waals surface area contributed by atoms with E-state index in [-0.39, 0.29) is 0 Å². The first kappa shape index (κ1) is 12.7. The van der Waals surface area contributed by atoms with E-state index in [1.54, 1.807) is 6.07 Å². The molecule has 5 heteroatoms. The minimum Gasteiger partial charge on any atom is -0.310 e. The van der Waals surface area contributed by atoms with Gasteiger partial charge in [0, 0.05) is 18.7 Å². The monoisotopic (exact) mass is 250 g/mol. The number of rotatable bonds is 5. The van der Waals surface area contributed by atoms with E-state index in [9.17, 15) is 14.5 Å². The second kappa shape index (κ2) is 5.27. The Labute approximate surface area is 105 Å². The maximum absolute atomic E-state index is 13.1. The van der Waals surface area contributed by atoms with Crippen LogP contribution in [0.1, 0.15) is 25.3 Å².